The van der Waals surface area contributed by atoms with Crippen LogP contribution in [0.3, 0.4) is 0 Å². The van der Waals surface area contributed by atoms with E-state index < -0.39 is 0 Å². The van der Waals surface area contributed by atoms with Gasteiger partial charge in [0.2, 0.25) is 0 Å². The van der Waals surface area contributed by atoms with Crippen molar-refractivity contribution < 1.29 is 0 Å². The quantitative estimate of drug-likeness (QED) is 0.687. The molecule has 17 heavy (non-hydrogen) atoms. The highest BCUT2D eigenvalue weighted by atomic mass is 16.1. The second-order valence-electron chi connectivity index (χ2n) is 4.36. The lowest BCUT2D eigenvalue weighted by molar-refractivity contribution is 0.708. The largest absolute Gasteiger partial charge is 0.295 e. The van der Waals surface area contributed by atoms with E-state index in [1.807, 2.05) is 6.07 Å². The molecule has 2 heterocycles. The number of aromatic amines is 1. The van der Waals surface area contributed by atoms with E-state index in [0.29, 0.717) is 11.2 Å². The lowest BCUT2D eigenvalue weighted by Crippen LogP contribution is -2.22. The molecule has 0 fully saturated rings. The van der Waals surface area contributed by atoms with E-state index in [2.05, 4.69) is 10.1 Å². The molecule has 2 aromatic heterocycles. The predicted octanol–water partition coefficient (Wildman–Crippen LogP) is 1.16. The zero-order valence-corrected chi connectivity index (χ0v) is 9.36. The Hall–Kier alpha value is -2.09. The van der Waals surface area contributed by atoms with Gasteiger partial charge in [0.1, 0.15) is 11.6 Å². The first-order valence-corrected chi connectivity index (χ1v) is 5.83. The molecule has 5 heteroatoms. The molecular formula is C12H12N4O. The third-order valence-corrected chi connectivity index (χ3v) is 3.30. The predicted molar refractivity (Wildman–Crippen MR) is 61.8 cm³/mol. The number of nitriles is 1. The van der Waals surface area contributed by atoms with Gasteiger partial charge in [0.05, 0.1) is 5.69 Å². The summed E-state index contributed by atoms with van der Waals surface area (Å²) in [7, 11) is 0. The second kappa shape index (κ2) is 3.74. The van der Waals surface area contributed by atoms with Crippen LogP contribution in [0.2, 0.25) is 0 Å². The number of hydrogen-bond donors (Lipinski definition) is 1. The highest BCUT2D eigenvalue weighted by Crippen LogP contribution is 2.17. The number of aromatic nitrogens is 3. The van der Waals surface area contributed by atoms with Crippen molar-refractivity contribution in [1.82, 2.24) is 14.6 Å². The molecule has 5 nitrogen and oxygen atoms in total. The second-order valence-corrected chi connectivity index (χ2v) is 4.36. The molecule has 0 saturated heterocycles. The van der Waals surface area contributed by atoms with Crippen molar-refractivity contribution in [2.45, 2.75) is 32.1 Å². The van der Waals surface area contributed by atoms with Crippen molar-refractivity contribution in [2.75, 3.05) is 0 Å². The van der Waals surface area contributed by atoms with Crippen molar-refractivity contribution >= 4 is 5.65 Å². The van der Waals surface area contributed by atoms with Gasteiger partial charge in [-0.2, -0.15) is 5.26 Å². The Balaban J connectivity index is 2.36. The van der Waals surface area contributed by atoms with Crippen molar-refractivity contribution in [2.24, 2.45) is 0 Å². The van der Waals surface area contributed by atoms with Crippen molar-refractivity contribution in [3.8, 4) is 6.07 Å². The van der Waals surface area contributed by atoms with Gasteiger partial charge < -0.3 is 0 Å². The fourth-order valence-electron chi connectivity index (χ4n) is 2.41. The van der Waals surface area contributed by atoms with Gasteiger partial charge in [0.25, 0.3) is 5.56 Å². The number of aryl methyl sites for hydroxylation is 1. The summed E-state index contributed by atoms with van der Waals surface area (Å²) in [6.07, 6.45) is 6.43. The van der Waals surface area contributed by atoms with Crippen LogP contribution in [0.15, 0.2) is 11.0 Å². The van der Waals surface area contributed by atoms with E-state index in [-0.39, 0.29) is 5.56 Å². The lowest BCUT2D eigenvalue weighted by Gasteiger charge is -2.04. The van der Waals surface area contributed by atoms with Crippen molar-refractivity contribution in [3.05, 3.63) is 33.4 Å². The van der Waals surface area contributed by atoms with Gasteiger partial charge in [-0.1, -0.05) is 6.42 Å². The fourth-order valence-corrected chi connectivity index (χ4v) is 2.41. The van der Waals surface area contributed by atoms with Crippen LogP contribution in [-0.2, 0) is 12.8 Å². The van der Waals surface area contributed by atoms with E-state index in [1.165, 1.54) is 10.7 Å². The molecule has 3 rings (SSSR count). The van der Waals surface area contributed by atoms with Crippen LogP contribution in [0.4, 0.5) is 0 Å². The monoisotopic (exact) mass is 228 g/mol. The summed E-state index contributed by atoms with van der Waals surface area (Å²) in [6, 6.07) is 2.05. The number of hydrogen-bond acceptors (Lipinski definition) is 3. The van der Waals surface area contributed by atoms with Crippen LogP contribution in [0.1, 0.15) is 36.1 Å². The smallest absolute Gasteiger partial charge is 0.276 e. The summed E-state index contributed by atoms with van der Waals surface area (Å²) in [6.45, 7) is 0. The zero-order chi connectivity index (χ0) is 11.8. The molecule has 0 bridgehead atoms. The average Bonchev–Trinajstić information content (AvgIpc) is 2.59. The maximum Gasteiger partial charge on any atom is 0.276 e. The topological polar surface area (TPSA) is 73.9 Å². The molecule has 0 saturated carbocycles. The Morgan fingerprint density at radius 3 is 3.00 bits per heavy atom. The van der Waals surface area contributed by atoms with Crippen molar-refractivity contribution in [3.63, 3.8) is 0 Å². The van der Waals surface area contributed by atoms with Crippen LogP contribution in [0.5, 0.6) is 0 Å². The van der Waals surface area contributed by atoms with Crippen LogP contribution >= 0.6 is 0 Å². The van der Waals surface area contributed by atoms with E-state index in [1.54, 1.807) is 0 Å². The Bertz CT molecular complexity index is 674. The van der Waals surface area contributed by atoms with Gasteiger partial charge in [0, 0.05) is 11.8 Å². The van der Waals surface area contributed by atoms with Gasteiger partial charge in [-0.05, 0) is 25.7 Å². The third kappa shape index (κ3) is 1.45. The highest BCUT2D eigenvalue weighted by Gasteiger charge is 2.17. The van der Waals surface area contributed by atoms with Crippen LogP contribution in [-0.4, -0.2) is 14.6 Å². The van der Waals surface area contributed by atoms with E-state index >= 15 is 0 Å². The van der Waals surface area contributed by atoms with Gasteiger partial charge in [-0.3, -0.25) is 9.89 Å². The fraction of sp³-hybridized carbons (Fsp3) is 0.417. The molecule has 1 N–H and O–H groups in total. The molecule has 0 radical (unpaired) electrons. The number of nitrogens with zero attached hydrogens (tertiary/aromatic N) is 3. The normalized spacial score (nSPS) is 15.2. The van der Waals surface area contributed by atoms with Crippen LogP contribution in [0.25, 0.3) is 5.65 Å². The minimum absolute atomic E-state index is 0.0478. The SMILES string of the molecule is N#Cc1c[nH]n2c(=O)c3c(nc12)CCCCC3. The summed E-state index contributed by atoms with van der Waals surface area (Å²) < 4.78 is 1.38. The van der Waals surface area contributed by atoms with Gasteiger partial charge in [-0.25, -0.2) is 9.50 Å². The summed E-state index contributed by atoms with van der Waals surface area (Å²) in [5, 5.41) is 11.7. The summed E-state index contributed by atoms with van der Waals surface area (Å²) in [5.74, 6) is 0. The zero-order valence-electron chi connectivity index (χ0n) is 9.36. The first-order valence-electron chi connectivity index (χ1n) is 5.83. The summed E-state index contributed by atoms with van der Waals surface area (Å²) in [4.78, 5) is 16.7. The Morgan fingerprint density at radius 1 is 1.35 bits per heavy atom. The third-order valence-electron chi connectivity index (χ3n) is 3.30. The molecule has 0 aromatic carbocycles. The van der Waals surface area contributed by atoms with E-state index in [4.69, 9.17) is 5.26 Å². The minimum Gasteiger partial charge on any atom is -0.295 e. The maximum atomic E-state index is 12.2. The highest BCUT2D eigenvalue weighted by molar-refractivity contribution is 5.54. The molecular weight excluding hydrogens is 216 g/mol. The molecule has 0 atom stereocenters. The van der Waals surface area contributed by atoms with Gasteiger partial charge >= 0.3 is 0 Å². The minimum atomic E-state index is -0.0478. The molecule has 0 unspecified atom stereocenters. The van der Waals surface area contributed by atoms with E-state index in [9.17, 15) is 4.79 Å². The first kappa shape index (κ1) is 10.1. The van der Waals surface area contributed by atoms with Gasteiger partial charge in [0.15, 0.2) is 5.65 Å². The Kier molecular flexibility index (Phi) is 2.22. The van der Waals surface area contributed by atoms with E-state index in [0.717, 1.165) is 43.4 Å². The Labute approximate surface area is 97.7 Å². The standard InChI is InChI=1S/C12H12N4O/c13-6-8-7-14-16-11(8)15-10-5-3-1-2-4-9(10)12(16)17/h7,14H,1-5H2. The first-order chi connectivity index (χ1) is 8.31. The molecule has 0 aliphatic heterocycles. The van der Waals surface area contributed by atoms with Crippen molar-refractivity contribution in [1.29, 1.82) is 5.26 Å². The number of rotatable bonds is 0. The molecule has 0 amide bonds. The molecule has 0 spiro atoms. The summed E-state index contributed by atoms with van der Waals surface area (Å²) >= 11 is 0. The van der Waals surface area contributed by atoms with Crippen LogP contribution in [0, 0.1) is 11.3 Å². The van der Waals surface area contributed by atoms with Gasteiger partial charge in [-0.15, -0.1) is 0 Å². The summed E-state index contributed by atoms with van der Waals surface area (Å²) in [5.41, 5.74) is 2.52. The molecule has 86 valence electrons. The molecule has 2 aromatic rings. The maximum absolute atomic E-state index is 12.2. The van der Waals surface area contributed by atoms with Crippen LogP contribution < -0.4 is 5.56 Å². The number of H-pyrrole nitrogens is 1. The molecule has 1 aliphatic rings. The average molecular weight is 228 g/mol. The molecule has 1 aliphatic carbocycles. The lowest BCUT2D eigenvalue weighted by atomic mass is 10.1. The number of nitrogens with one attached hydrogen (secondary N) is 1. The number of fused-ring (bicyclic) bond motifs is 2. The Morgan fingerprint density at radius 2 is 2.18 bits per heavy atom.